The summed E-state index contributed by atoms with van der Waals surface area (Å²) in [6.45, 7) is 0. The molecule has 0 bridgehead atoms. The second-order valence-electron chi connectivity index (χ2n) is 5.16. The average Bonchev–Trinajstić information content (AvgIpc) is 3.04. The van der Waals surface area contributed by atoms with Gasteiger partial charge in [0.15, 0.2) is 0 Å². The van der Waals surface area contributed by atoms with Crippen molar-refractivity contribution in [2.24, 2.45) is 4.99 Å². The fourth-order valence-corrected chi connectivity index (χ4v) is 3.35. The highest BCUT2D eigenvalue weighted by molar-refractivity contribution is 7.22. The van der Waals surface area contributed by atoms with Gasteiger partial charge in [-0.15, -0.1) is 0 Å². The lowest BCUT2D eigenvalue weighted by molar-refractivity contribution is 0.415. The molecule has 3 aromatic carbocycles. The van der Waals surface area contributed by atoms with Crippen molar-refractivity contribution >= 4 is 43.7 Å². The molecule has 112 valence electrons. The van der Waals surface area contributed by atoms with Crippen molar-refractivity contribution in [2.75, 3.05) is 7.11 Å². The molecule has 4 rings (SSSR count). The van der Waals surface area contributed by atoms with Gasteiger partial charge in [-0.25, -0.2) is 9.98 Å². The Bertz CT molecular complexity index is 1000. The van der Waals surface area contributed by atoms with Crippen LogP contribution in [0.5, 0.6) is 5.75 Å². The molecule has 0 saturated carbocycles. The zero-order valence-electron chi connectivity index (χ0n) is 12.6. The number of aliphatic imine (C=N–C) groups is 1. The van der Waals surface area contributed by atoms with Crippen LogP contribution in [0.15, 0.2) is 65.7 Å². The van der Waals surface area contributed by atoms with Crippen molar-refractivity contribution in [3.8, 4) is 5.75 Å². The average molecular weight is 318 g/mol. The van der Waals surface area contributed by atoms with E-state index in [1.165, 1.54) is 10.8 Å². The molecule has 1 aromatic heterocycles. The minimum Gasteiger partial charge on any atom is -0.497 e. The van der Waals surface area contributed by atoms with Crippen LogP contribution in [0.3, 0.4) is 0 Å². The lowest BCUT2D eigenvalue weighted by atomic mass is 10.1. The molecular formula is C19H14N2OS. The standard InChI is InChI=1S/C19H14N2OS/c1-22-15-9-6-13(7-10-15)12-20-19-21-18-16-5-3-2-4-14(16)8-11-17(18)23-19/h2-12H,1H3. The van der Waals surface area contributed by atoms with Gasteiger partial charge in [-0.2, -0.15) is 0 Å². The highest BCUT2D eigenvalue weighted by Gasteiger charge is 2.06. The minimum atomic E-state index is 0.771. The van der Waals surface area contributed by atoms with E-state index in [2.05, 4.69) is 34.2 Å². The van der Waals surface area contributed by atoms with E-state index < -0.39 is 0 Å². The predicted octanol–water partition coefficient (Wildman–Crippen LogP) is 5.21. The minimum absolute atomic E-state index is 0.771. The summed E-state index contributed by atoms with van der Waals surface area (Å²) in [5.41, 5.74) is 2.05. The summed E-state index contributed by atoms with van der Waals surface area (Å²) in [7, 11) is 1.66. The molecule has 0 amide bonds. The molecule has 3 nitrogen and oxygen atoms in total. The van der Waals surface area contributed by atoms with E-state index in [9.17, 15) is 0 Å². The van der Waals surface area contributed by atoms with E-state index in [4.69, 9.17) is 4.74 Å². The first-order valence-corrected chi connectivity index (χ1v) is 8.11. The summed E-state index contributed by atoms with van der Waals surface area (Å²) in [6.07, 6.45) is 1.83. The SMILES string of the molecule is COc1ccc(C=Nc2nc3c(ccc4ccccc43)s2)cc1. The van der Waals surface area contributed by atoms with Gasteiger partial charge in [0.1, 0.15) is 5.75 Å². The first-order valence-electron chi connectivity index (χ1n) is 7.30. The van der Waals surface area contributed by atoms with Crippen molar-refractivity contribution < 1.29 is 4.74 Å². The molecule has 0 aliphatic heterocycles. The quantitative estimate of drug-likeness (QED) is 0.486. The van der Waals surface area contributed by atoms with Crippen molar-refractivity contribution in [1.82, 2.24) is 4.98 Å². The van der Waals surface area contributed by atoms with Gasteiger partial charge in [-0.1, -0.05) is 41.7 Å². The van der Waals surface area contributed by atoms with Crippen LogP contribution in [-0.4, -0.2) is 18.3 Å². The van der Waals surface area contributed by atoms with Gasteiger partial charge in [-0.05, 0) is 41.3 Å². The van der Waals surface area contributed by atoms with Crippen LogP contribution in [0, 0.1) is 0 Å². The highest BCUT2D eigenvalue weighted by Crippen LogP contribution is 2.32. The number of nitrogens with zero attached hydrogens (tertiary/aromatic N) is 2. The van der Waals surface area contributed by atoms with E-state index in [0.717, 1.165) is 26.7 Å². The second kappa shape index (κ2) is 5.82. The maximum Gasteiger partial charge on any atom is 0.210 e. The maximum absolute atomic E-state index is 5.16. The molecule has 0 aliphatic rings. The number of hydrogen-bond acceptors (Lipinski definition) is 4. The van der Waals surface area contributed by atoms with Gasteiger partial charge in [0, 0.05) is 11.6 Å². The number of methoxy groups -OCH3 is 1. The van der Waals surface area contributed by atoms with Gasteiger partial charge >= 0.3 is 0 Å². The van der Waals surface area contributed by atoms with Crippen LogP contribution in [0.1, 0.15) is 5.56 Å². The van der Waals surface area contributed by atoms with E-state index in [1.54, 1.807) is 18.4 Å². The first-order chi connectivity index (χ1) is 11.3. The number of rotatable bonds is 3. The monoisotopic (exact) mass is 318 g/mol. The molecule has 4 heteroatoms. The number of benzene rings is 3. The Balaban J connectivity index is 1.71. The van der Waals surface area contributed by atoms with Crippen LogP contribution in [0.2, 0.25) is 0 Å². The van der Waals surface area contributed by atoms with Gasteiger partial charge in [-0.3, -0.25) is 0 Å². The Kier molecular flexibility index (Phi) is 3.52. The third-order valence-electron chi connectivity index (χ3n) is 3.71. The first kappa shape index (κ1) is 13.9. The van der Waals surface area contributed by atoms with Crippen molar-refractivity contribution in [2.45, 2.75) is 0 Å². The molecule has 0 saturated heterocycles. The summed E-state index contributed by atoms with van der Waals surface area (Å²) in [4.78, 5) is 9.20. The van der Waals surface area contributed by atoms with Crippen molar-refractivity contribution in [3.63, 3.8) is 0 Å². The van der Waals surface area contributed by atoms with Gasteiger partial charge in [0.25, 0.3) is 0 Å². The highest BCUT2D eigenvalue weighted by atomic mass is 32.1. The second-order valence-corrected chi connectivity index (χ2v) is 6.17. The number of fused-ring (bicyclic) bond motifs is 3. The Labute approximate surface area is 137 Å². The molecule has 23 heavy (non-hydrogen) atoms. The van der Waals surface area contributed by atoms with Crippen LogP contribution in [0.4, 0.5) is 5.13 Å². The predicted molar refractivity (Wildman–Crippen MR) is 97.4 cm³/mol. The Morgan fingerprint density at radius 1 is 1.00 bits per heavy atom. The molecule has 0 N–H and O–H groups in total. The van der Waals surface area contributed by atoms with E-state index >= 15 is 0 Å². The van der Waals surface area contributed by atoms with Gasteiger partial charge in [0.2, 0.25) is 5.13 Å². The zero-order chi connectivity index (χ0) is 15.6. The van der Waals surface area contributed by atoms with Crippen LogP contribution in [-0.2, 0) is 0 Å². The van der Waals surface area contributed by atoms with E-state index in [-0.39, 0.29) is 0 Å². The Morgan fingerprint density at radius 2 is 1.83 bits per heavy atom. The molecule has 0 aliphatic carbocycles. The number of aromatic nitrogens is 1. The largest absolute Gasteiger partial charge is 0.497 e. The molecule has 0 atom stereocenters. The molecule has 1 heterocycles. The molecule has 0 spiro atoms. The lowest BCUT2D eigenvalue weighted by Crippen LogP contribution is -1.84. The molecular weight excluding hydrogens is 304 g/mol. The topological polar surface area (TPSA) is 34.5 Å². The van der Waals surface area contributed by atoms with Crippen molar-refractivity contribution in [3.05, 3.63) is 66.2 Å². The fraction of sp³-hybridized carbons (Fsp3) is 0.0526. The fourth-order valence-electron chi connectivity index (χ4n) is 2.52. The van der Waals surface area contributed by atoms with E-state index in [0.29, 0.717) is 0 Å². The Morgan fingerprint density at radius 3 is 2.65 bits per heavy atom. The van der Waals surface area contributed by atoms with E-state index in [1.807, 2.05) is 42.6 Å². The number of ether oxygens (including phenoxy) is 1. The van der Waals surface area contributed by atoms with Gasteiger partial charge < -0.3 is 4.74 Å². The van der Waals surface area contributed by atoms with Gasteiger partial charge in [0.05, 0.1) is 17.3 Å². The molecule has 0 unspecified atom stereocenters. The van der Waals surface area contributed by atoms with Crippen molar-refractivity contribution in [1.29, 1.82) is 0 Å². The normalized spacial score (nSPS) is 11.5. The number of hydrogen-bond donors (Lipinski definition) is 0. The molecule has 0 fully saturated rings. The summed E-state index contributed by atoms with van der Waals surface area (Å²) in [5.74, 6) is 0.841. The van der Waals surface area contributed by atoms with Crippen LogP contribution >= 0.6 is 11.3 Å². The maximum atomic E-state index is 5.16. The summed E-state index contributed by atoms with van der Waals surface area (Å²) in [6, 6.07) is 20.3. The summed E-state index contributed by atoms with van der Waals surface area (Å²) in [5, 5.41) is 3.15. The third kappa shape index (κ3) is 2.69. The van der Waals surface area contributed by atoms with Crippen LogP contribution < -0.4 is 4.74 Å². The molecule has 4 aromatic rings. The summed E-state index contributed by atoms with van der Waals surface area (Å²) >= 11 is 1.61. The zero-order valence-corrected chi connectivity index (χ0v) is 13.4. The smallest absolute Gasteiger partial charge is 0.210 e. The third-order valence-corrected chi connectivity index (χ3v) is 4.64. The summed E-state index contributed by atoms with van der Waals surface area (Å²) < 4.78 is 6.32. The molecule has 0 radical (unpaired) electrons. The lowest BCUT2D eigenvalue weighted by Gasteiger charge is -1.98. The Hall–Kier alpha value is -2.72. The van der Waals surface area contributed by atoms with Crippen LogP contribution in [0.25, 0.3) is 21.0 Å². The number of thiazole rings is 1.